The molecule has 6 nitrogen and oxygen atoms in total. The third kappa shape index (κ3) is 3.09. The van der Waals surface area contributed by atoms with E-state index in [1.165, 1.54) is 18.2 Å². The molecule has 0 aromatic carbocycles. The highest BCUT2D eigenvalue weighted by molar-refractivity contribution is 7.99. The van der Waals surface area contributed by atoms with Crippen LogP contribution in [0.5, 0.6) is 0 Å². The molecule has 0 radical (unpaired) electrons. The Morgan fingerprint density at radius 3 is 2.74 bits per heavy atom. The summed E-state index contributed by atoms with van der Waals surface area (Å²) < 4.78 is 7.58. The molecule has 0 bridgehead atoms. The first-order valence-electron chi connectivity index (χ1n) is 6.42. The van der Waals surface area contributed by atoms with E-state index in [0.29, 0.717) is 5.16 Å². The Labute approximate surface area is 116 Å². The SMILES string of the molecule is CCn1c(CC2(OC)CCC2)nnc1SCC(=O)O. The molecule has 1 fully saturated rings. The molecule has 0 amide bonds. The highest BCUT2D eigenvalue weighted by atomic mass is 32.2. The molecular weight excluding hydrogens is 266 g/mol. The van der Waals surface area contributed by atoms with Crippen molar-refractivity contribution in [3.8, 4) is 0 Å². The Hall–Kier alpha value is -1.08. The quantitative estimate of drug-likeness (QED) is 0.767. The van der Waals surface area contributed by atoms with Gasteiger partial charge in [0.25, 0.3) is 0 Å². The smallest absolute Gasteiger partial charge is 0.313 e. The van der Waals surface area contributed by atoms with Crippen molar-refractivity contribution in [1.82, 2.24) is 14.8 Å². The summed E-state index contributed by atoms with van der Waals surface area (Å²) in [6.45, 7) is 2.75. The van der Waals surface area contributed by atoms with Crippen LogP contribution in [0, 0.1) is 0 Å². The molecule has 7 heteroatoms. The van der Waals surface area contributed by atoms with Gasteiger partial charge in [-0.05, 0) is 26.2 Å². The average molecular weight is 285 g/mol. The highest BCUT2D eigenvalue weighted by Gasteiger charge is 2.38. The third-order valence-electron chi connectivity index (χ3n) is 3.61. The van der Waals surface area contributed by atoms with E-state index in [9.17, 15) is 4.79 Å². The molecule has 0 spiro atoms. The minimum atomic E-state index is -0.843. The van der Waals surface area contributed by atoms with Gasteiger partial charge in [-0.2, -0.15) is 0 Å². The third-order valence-corrected chi connectivity index (χ3v) is 4.56. The van der Waals surface area contributed by atoms with Crippen molar-refractivity contribution in [3.05, 3.63) is 5.82 Å². The van der Waals surface area contributed by atoms with Crippen LogP contribution in [-0.2, 0) is 22.5 Å². The van der Waals surface area contributed by atoms with E-state index in [0.717, 1.165) is 31.6 Å². The predicted octanol–water partition coefficient (Wildman–Crippen LogP) is 1.59. The number of rotatable bonds is 7. The number of hydrogen-bond donors (Lipinski definition) is 1. The molecule has 1 aliphatic rings. The fourth-order valence-electron chi connectivity index (χ4n) is 2.31. The number of carboxylic acids is 1. The normalized spacial score (nSPS) is 17.2. The maximum absolute atomic E-state index is 10.6. The van der Waals surface area contributed by atoms with Crippen molar-refractivity contribution in [2.24, 2.45) is 0 Å². The maximum Gasteiger partial charge on any atom is 0.313 e. The summed E-state index contributed by atoms with van der Waals surface area (Å²) in [6, 6.07) is 0. The van der Waals surface area contributed by atoms with E-state index < -0.39 is 5.97 Å². The van der Waals surface area contributed by atoms with Crippen LogP contribution in [0.1, 0.15) is 32.0 Å². The average Bonchev–Trinajstić information content (AvgIpc) is 2.73. The second-order valence-electron chi connectivity index (χ2n) is 4.74. The largest absolute Gasteiger partial charge is 0.481 e. The summed E-state index contributed by atoms with van der Waals surface area (Å²) in [7, 11) is 1.74. The fraction of sp³-hybridized carbons (Fsp3) is 0.750. The van der Waals surface area contributed by atoms with Crippen LogP contribution in [0.4, 0.5) is 0 Å². The maximum atomic E-state index is 10.6. The topological polar surface area (TPSA) is 77.2 Å². The molecule has 0 atom stereocenters. The Bertz CT molecular complexity index is 452. The van der Waals surface area contributed by atoms with E-state index in [4.69, 9.17) is 9.84 Å². The molecule has 0 unspecified atom stereocenters. The van der Waals surface area contributed by atoms with Crippen LogP contribution in [0.3, 0.4) is 0 Å². The molecule has 1 aliphatic carbocycles. The number of hydrogen-bond acceptors (Lipinski definition) is 5. The van der Waals surface area contributed by atoms with Gasteiger partial charge in [0.05, 0.1) is 11.4 Å². The van der Waals surface area contributed by atoms with Gasteiger partial charge >= 0.3 is 5.97 Å². The minimum absolute atomic E-state index is 0.00749. The van der Waals surface area contributed by atoms with Crippen LogP contribution < -0.4 is 0 Å². The lowest BCUT2D eigenvalue weighted by Crippen LogP contribution is -2.42. The van der Waals surface area contributed by atoms with Gasteiger partial charge in [0.2, 0.25) is 0 Å². The van der Waals surface area contributed by atoms with Crippen molar-refractivity contribution in [2.45, 2.75) is 49.9 Å². The molecule has 1 aromatic heterocycles. The summed E-state index contributed by atoms with van der Waals surface area (Å²) in [5.74, 6) is 0.0505. The van der Waals surface area contributed by atoms with E-state index in [1.54, 1.807) is 7.11 Å². The van der Waals surface area contributed by atoms with Crippen LogP contribution >= 0.6 is 11.8 Å². The lowest BCUT2D eigenvalue weighted by molar-refractivity contribution is -0.133. The van der Waals surface area contributed by atoms with E-state index >= 15 is 0 Å². The first-order chi connectivity index (χ1) is 9.10. The number of nitrogens with zero attached hydrogens (tertiary/aromatic N) is 3. The Morgan fingerprint density at radius 2 is 2.26 bits per heavy atom. The van der Waals surface area contributed by atoms with Gasteiger partial charge in [-0.1, -0.05) is 11.8 Å². The standard InChI is InChI=1S/C12H19N3O3S/c1-3-15-9(7-12(18-2)5-4-6-12)13-14-11(15)19-8-10(16)17/h3-8H2,1-2H3,(H,16,17). The highest BCUT2D eigenvalue weighted by Crippen LogP contribution is 2.38. The molecule has 0 aliphatic heterocycles. The Kier molecular flexibility index (Phi) is 4.46. The number of aliphatic carboxylic acids is 1. The van der Waals surface area contributed by atoms with Crippen LogP contribution in [0.15, 0.2) is 5.16 Å². The summed E-state index contributed by atoms with van der Waals surface area (Å²) in [4.78, 5) is 10.6. The number of carbonyl (C=O) groups is 1. The molecule has 1 heterocycles. The summed E-state index contributed by atoms with van der Waals surface area (Å²) in [6.07, 6.45) is 4.04. The van der Waals surface area contributed by atoms with Crippen molar-refractivity contribution < 1.29 is 14.6 Å². The second kappa shape index (κ2) is 5.92. The first kappa shape index (κ1) is 14.3. The number of methoxy groups -OCH3 is 1. The lowest BCUT2D eigenvalue weighted by Gasteiger charge is -2.40. The van der Waals surface area contributed by atoms with Crippen molar-refractivity contribution >= 4 is 17.7 Å². The molecule has 1 aromatic rings. The molecule has 2 rings (SSSR count). The summed E-state index contributed by atoms with van der Waals surface area (Å²) >= 11 is 1.21. The monoisotopic (exact) mass is 285 g/mol. The van der Waals surface area contributed by atoms with E-state index in [1.807, 2.05) is 11.5 Å². The molecule has 106 valence electrons. The summed E-state index contributed by atoms with van der Waals surface area (Å²) in [5.41, 5.74) is -0.0886. The van der Waals surface area contributed by atoms with Crippen molar-refractivity contribution in [3.63, 3.8) is 0 Å². The second-order valence-corrected chi connectivity index (χ2v) is 5.69. The van der Waals surface area contributed by atoms with Crippen LogP contribution in [0.25, 0.3) is 0 Å². The first-order valence-corrected chi connectivity index (χ1v) is 7.40. The number of aromatic nitrogens is 3. The van der Waals surface area contributed by atoms with Gasteiger partial charge < -0.3 is 14.4 Å². The zero-order chi connectivity index (χ0) is 13.9. The zero-order valence-corrected chi connectivity index (χ0v) is 12.1. The van der Waals surface area contributed by atoms with E-state index in [-0.39, 0.29) is 11.4 Å². The van der Waals surface area contributed by atoms with Crippen LogP contribution in [-0.4, -0.2) is 44.3 Å². The van der Waals surface area contributed by atoms with Gasteiger partial charge in [0, 0.05) is 20.1 Å². The Balaban J connectivity index is 2.10. The zero-order valence-electron chi connectivity index (χ0n) is 11.3. The minimum Gasteiger partial charge on any atom is -0.481 e. The number of carboxylic acid groups (broad SMARTS) is 1. The van der Waals surface area contributed by atoms with Gasteiger partial charge in [-0.15, -0.1) is 10.2 Å². The molecule has 0 saturated heterocycles. The van der Waals surface area contributed by atoms with Crippen LogP contribution in [0.2, 0.25) is 0 Å². The predicted molar refractivity (Wildman–Crippen MR) is 71.4 cm³/mol. The Morgan fingerprint density at radius 1 is 1.53 bits per heavy atom. The van der Waals surface area contributed by atoms with Gasteiger partial charge in [-0.3, -0.25) is 4.79 Å². The van der Waals surface area contributed by atoms with Gasteiger partial charge in [-0.25, -0.2) is 0 Å². The van der Waals surface area contributed by atoms with Gasteiger partial charge in [0.1, 0.15) is 5.82 Å². The van der Waals surface area contributed by atoms with Gasteiger partial charge in [0.15, 0.2) is 5.16 Å². The summed E-state index contributed by atoms with van der Waals surface area (Å²) in [5, 5.41) is 17.7. The van der Waals surface area contributed by atoms with Crippen molar-refractivity contribution in [2.75, 3.05) is 12.9 Å². The molecule has 1 N–H and O–H groups in total. The van der Waals surface area contributed by atoms with Crippen molar-refractivity contribution in [1.29, 1.82) is 0 Å². The molecule has 1 saturated carbocycles. The number of ether oxygens (including phenoxy) is 1. The fourth-order valence-corrected chi connectivity index (χ4v) is 3.05. The molecule has 19 heavy (non-hydrogen) atoms. The molecular formula is C12H19N3O3S. The van der Waals surface area contributed by atoms with E-state index in [2.05, 4.69) is 10.2 Å². The lowest BCUT2D eigenvalue weighted by atomic mass is 9.77. The number of thioether (sulfide) groups is 1.